The summed E-state index contributed by atoms with van der Waals surface area (Å²) in [6, 6.07) is 2.71. The molecule has 18 heavy (non-hydrogen) atoms. The first-order valence-corrected chi connectivity index (χ1v) is 6.04. The van der Waals surface area contributed by atoms with Crippen molar-refractivity contribution in [3.05, 3.63) is 23.3 Å². The number of phenolic OH excluding ortho intramolecular Hbond substituents is 1. The molecule has 0 aliphatic carbocycles. The maximum atomic E-state index is 10.7. The second kappa shape index (κ2) is 4.86. The van der Waals surface area contributed by atoms with Gasteiger partial charge in [0.05, 0.1) is 0 Å². The zero-order valence-corrected chi connectivity index (χ0v) is 10.4. The highest BCUT2D eigenvalue weighted by Crippen LogP contribution is 2.35. The van der Waals surface area contributed by atoms with E-state index in [-0.39, 0.29) is 12.2 Å². The Morgan fingerprint density at radius 3 is 2.94 bits per heavy atom. The first kappa shape index (κ1) is 12.7. The van der Waals surface area contributed by atoms with E-state index in [9.17, 15) is 9.90 Å². The standard InChI is InChI=1S/C13H18N2O3/c1-15-6-2-3-9-11(15)5-4-8(12(9)16)7-10(14)13(17)18/h4-5,10,16H,2-3,6-7,14H2,1H3,(H,17,18). The highest BCUT2D eigenvalue weighted by molar-refractivity contribution is 5.74. The van der Waals surface area contributed by atoms with Crippen molar-refractivity contribution in [1.82, 2.24) is 0 Å². The molecular formula is C13H18N2O3. The van der Waals surface area contributed by atoms with E-state index in [0.717, 1.165) is 30.6 Å². The maximum Gasteiger partial charge on any atom is 0.320 e. The lowest BCUT2D eigenvalue weighted by molar-refractivity contribution is -0.138. The van der Waals surface area contributed by atoms with Crippen LogP contribution in [0.1, 0.15) is 17.5 Å². The average molecular weight is 250 g/mol. The lowest BCUT2D eigenvalue weighted by Gasteiger charge is -2.28. The molecule has 0 radical (unpaired) electrons. The number of fused-ring (bicyclic) bond motifs is 1. The van der Waals surface area contributed by atoms with Gasteiger partial charge in [-0.3, -0.25) is 4.79 Å². The van der Waals surface area contributed by atoms with E-state index < -0.39 is 12.0 Å². The molecule has 1 heterocycles. The lowest BCUT2D eigenvalue weighted by atomic mass is 9.95. The van der Waals surface area contributed by atoms with Crippen molar-refractivity contribution < 1.29 is 15.0 Å². The first-order valence-electron chi connectivity index (χ1n) is 6.04. The third-order valence-electron chi connectivity index (χ3n) is 3.43. The number of anilines is 1. The summed E-state index contributed by atoms with van der Waals surface area (Å²) in [5.74, 6) is -0.847. The molecule has 5 heteroatoms. The molecule has 0 spiro atoms. The van der Waals surface area contributed by atoms with Crippen LogP contribution in [0, 0.1) is 0 Å². The minimum atomic E-state index is -1.05. The number of rotatable bonds is 3. The number of carboxylic acids is 1. The molecule has 1 atom stereocenters. The van der Waals surface area contributed by atoms with Crippen molar-refractivity contribution in [1.29, 1.82) is 0 Å². The van der Waals surface area contributed by atoms with Crippen molar-refractivity contribution >= 4 is 11.7 Å². The molecule has 0 amide bonds. The van der Waals surface area contributed by atoms with E-state index in [4.69, 9.17) is 10.8 Å². The number of hydrogen-bond donors (Lipinski definition) is 3. The summed E-state index contributed by atoms with van der Waals surface area (Å²) in [6.07, 6.45) is 1.96. The van der Waals surface area contributed by atoms with Gasteiger partial charge in [-0.05, 0) is 24.5 Å². The SMILES string of the molecule is CN1CCCc2c1ccc(CC(N)C(=O)O)c2O. The van der Waals surface area contributed by atoms with Gasteiger partial charge in [-0.2, -0.15) is 0 Å². The number of aromatic hydroxyl groups is 1. The zero-order valence-electron chi connectivity index (χ0n) is 10.4. The third kappa shape index (κ3) is 2.26. The number of nitrogens with two attached hydrogens (primary N) is 1. The van der Waals surface area contributed by atoms with Crippen molar-refractivity contribution in [2.75, 3.05) is 18.5 Å². The summed E-state index contributed by atoms with van der Waals surface area (Å²) in [5, 5.41) is 19.0. The molecular weight excluding hydrogens is 232 g/mol. The molecule has 98 valence electrons. The average Bonchev–Trinajstić information content (AvgIpc) is 2.33. The van der Waals surface area contributed by atoms with Crippen molar-refractivity contribution in [3.8, 4) is 5.75 Å². The van der Waals surface area contributed by atoms with Gasteiger partial charge in [-0.25, -0.2) is 0 Å². The number of nitrogens with zero attached hydrogens (tertiary/aromatic N) is 1. The minimum Gasteiger partial charge on any atom is -0.507 e. The van der Waals surface area contributed by atoms with Crippen molar-refractivity contribution in [2.24, 2.45) is 5.73 Å². The van der Waals surface area contributed by atoms with Gasteiger partial charge >= 0.3 is 5.97 Å². The van der Waals surface area contributed by atoms with Gasteiger partial charge in [0.25, 0.3) is 0 Å². The van der Waals surface area contributed by atoms with Crippen LogP contribution in [0.5, 0.6) is 5.75 Å². The molecule has 1 aliphatic rings. The zero-order chi connectivity index (χ0) is 13.3. The molecule has 1 aliphatic heterocycles. The van der Waals surface area contributed by atoms with E-state index in [2.05, 4.69) is 4.90 Å². The highest BCUT2D eigenvalue weighted by atomic mass is 16.4. The number of hydrogen-bond acceptors (Lipinski definition) is 4. The summed E-state index contributed by atoms with van der Waals surface area (Å²) in [5.41, 5.74) is 8.03. The van der Waals surface area contributed by atoms with Gasteiger partial charge in [0.1, 0.15) is 11.8 Å². The molecule has 0 saturated heterocycles. The summed E-state index contributed by atoms with van der Waals surface area (Å²) < 4.78 is 0. The van der Waals surface area contributed by atoms with Gasteiger partial charge in [0.2, 0.25) is 0 Å². The Hall–Kier alpha value is -1.75. The molecule has 1 aromatic carbocycles. The Morgan fingerprint density at radius 1 is 1.56 bits per heavy atom. The van der Waals surface area contributed by atoms with Crippen LogP contribution in [0.2, 0.25) is 0 Å². The molecule has 0 aromatic heterocycles. The molecule has 0 bridgehead atoms. The van der Waals surface area contributed by atoms with Crippen LogP contribution in [0.15, 0.2) is 12.1 Å². The molecule has 4 N–H and O–H groups in total. The number of benzene rings is 1. The number of aliphatic carboxylic acids is 1. The number of carboxylic acid groups (broad SMARTS) is 1. The molecule has 5 nitrogen and oxygen atoms in total. The second-order valence-electron chi connectivity index (χ2n) is 4.74. The van der Waals surface area contributed by atoms with E-state index >= 15 is 0 Å². The van der Waals surface area contributed by atoms with Crippen LogP contribution in [0.3, 0.4) is 0 Å². The van der Waals surface area contributed by atoms with Gasteiger partial charge in [-0.15, -0.1) is 0 Å². The Balaban J connectivity index is 2.32. The van der Waals surface area contributed by atoms with Crippen molar-refractivity contribution in [3.63, 3.8) is 0 Å². The monoisotopic (exact) mass is 250 g/mol. The quantitative estimate of drug-likeness (QED) is 0.736. The fourth-order valence-corrected chi connectivity index (χ4v) is 2.38. The van der Waals surface area contributed by atoms with Crippen LogP contribution < -0.4 is 10.6 Å². The highest BCUT2D eigenvalue weighted by Gasteiger charge is 2.21. The molecule has 1 aromatic rings. The normalized spacial score (nSPS) is 16.2. The second-order valence-corrected chi connectivity index (χ2v) is 4.74. The van der Waals surface area contributed by atoms with Gasteiger partial charge in [0, 0.05) is 31.3 Å². The fourth-order valence-electron chi connectivity index (χ4n) is 2.38. The number of phenols is 1. The van der Waals surface area contributed by atoms with Crippen LogP contribution in [-0.2, 0) is 17.6 Å². The van der Waals surface area contributed by atoms with Gasteiger partial charge in [0.15, 0.2) is 0 Å². The summed E-state index contributed by atoms with van der Waals surface area (Å²) >= 11 is 0. The summed E-state index contributed by atoms with van der Waals surface area (Å²) in [6.45, 7) is 0.973. The topological polar surface area (TPSA) is 86.8 Å². The van der Waals surface area contributed by atoms with Crippen LogP contribution in [0.4, 0.5) is 5.69 Å². The Kier molecular flexibility index (Phi) is 3.43. The molecule has 1 unspecified atom stereocenters. The van der Waals surface area contributed by atoms with Gasteiger partial charge < -0.3 is 20.8 Å². The Bertz CT molecular complexity index is 474. The van der Waals surface area contributed by atoms with Crippen LogP contribution in [0.25, 0.3) is 0 Å². The first-order chi connectivity index (χ1) is 8.50. The molecule has 0 fully saturated rings. The number of carbonyl (C=O) groups is 1. The van der Waals surface area contributed by atoms with Gasteiger partial charge in [-0.1, -0.05) is 6.07 Å². The van der Waals surface area contributed by atoms with E-state index in [1.165, 1.54) is 0 Å². The largest absolute Gasteiger partial charge is 0.507 e. The predicted octanol–water partition coefficient (Wildman–Crippen LogP) is 0.729. The van der Waals surface area contributed by atoms with E-state index in [0.29, 0.717) is 5.56 Å². The third-order valence-corrected chi connectivity index (χ3v) is 3.43. The predicted molar refractivity (Wildman–Crippen MR) is 69.0 cm³/mol. The van der Waals surface area contributed by atoms with E-state index in [1.54, 1.807) is 6.07 Å². The van der Waals surface area contributed by atoms with Crippen molar-refractivity contribution in [2.45, 2.75) is 25.3 Å². The summed E-state index contributed by atoms with van der Waals surface area (Å²) in [4.78, 5) is 12.8. The Morgan fingerprint density at radius 2 is 2.28 bits per heavy atom. The van der Waals surface area contributed by atoms with Crippen LogP contribution in [-0.4, -0.2) is 35.8 Å². The molecule has 0 saturated carbocycles. The van der Waals surface area contributed by atoms with Crippen LogP contribution >= 0.6 is 0 Å². The minimum absolute atomic E-state index is 0.151. The maximum absolute atomic E-state index is 10.7. The Labute approximate surface area is 106 Å². The summed E-state index contributed by atoms with van der Waals surface area (Å²) in [7, 11) is 1.99. The molecule has 2 rings (SSSR count). The lowest BCUT2D eigenvalue weighted by Crippen LogP contribution is -2.32. The fraction of sp³-hybridized carbons (Fsp3) is 0.462. The smallest absolute Gasteiger partial charge is 0.320 e. The van der Waals surface area contributed by atoms with E-state index in [1.807, 2.05) is 13.1 Å².